The molecule has 0 aromatic carbocycles. The fourth-order valence-electron chi connectivity index (χ4n) is 1.05. The minimum absolute atomic E-state index is 0.173. The number of aliphatic hydroxyl groups excluding tert-OH is 1. The van der Waals surface area contributed by atoms with Crippen LogP contribution in [0.25, 0.3) is 0 Å². The van der Waals surface area contributed by atoms with Gasteiger partial charge in [-0.1, -0.05) is 0 Å². The van der Waals surface area contributed by atoms with Crippen LogP contribution in [0.3, 0.4) is 0 Å². The molecule has 0 bridgehead atoms. The Morgan fingerprint density at radius 3 is 2.93 bits per heavy atom. The summed E-state index contributed by atoms with van der Waals surface area (Å²) in [5.41, 5.74) is 0.652. The van der Waals surface area contributed by atoms with Crippen LogP contribution in [0, 0.1) is 0 Å². The van der Waals surface area contributed by atoms with Crippen molar-refractivity contribution in [2.24, 2.45) is 0 Å². The van der Waals surface area contributed by atoms with E-state index < -0.39 is 12.1 Å². The number of aliphatic hydroxyl groups is 1. The van der Waals surface area contributed by atoms with Crippen LogP contribution < -0.4 is 0 Å². The van der Waals surface area contributed by atoms with Crippen LogP contribution >= 0.6 is 15.9 Å². The number of carbonyl (C=O) groups is 1. The third-order valence-corrected chi connectivity index (χ3v) is 2.22. The number of carbonyl (C=O) groups excluding carboxylic acids is 1. The Kier molecular flexibility index (Phi) is 4.71. The summed E-state index contributed by atoms with van der Waals surface area (Å²) in [6.45, 7) is 1.96. The molecule has 5 heteroatoms. The van der Waals surface area contributed by atoms with Gasteiger partial charge in [0.1, 0.15) is 0 Å². The molecule has 82 valence electrons. The first-order valence-corrected chi connectivity index (χ1v) is 5.38. The number of pyridine rings is 1. The van der Waals surface area contributed by atoms with Gasteiger partial charge in [-0.2, -0.15) is 0 Å². The highest BCUT2D eigenvalue weighted by atomic mass is 79.9. The van der Waals surface area contributed by atoms with E-state index in [0.717, 1.165) is 4.47 Å². The maximum absolute atomic E-state index is 11.1. The first-order valence-electron chi connectivity index (χ1n) is 4.58. The van der Waals surface area contributed by atoms with E-state index in [2.05, 4.69) is 25.7 Å². The molecule has 1 rings (SSSR count). The average molecular weight is 274 g/mol. The second-order valence-electron chi connectivity index (χ2n) is 2.94. The summed E-state index contributed by atoms with van der Waals surface area (Å²) >= 11 is 3.25. The van der Waals surface area contributed by atoms with E-state index in [1.54, 1.807) is 25.3 Å². The van der Waals surface area contributed by atoms with Crippen molar-refractivity contribution in [3.63, 3.8) is 0 Å². The fourth-order valence-corrected chi connectivity index (χ4v) is 1.28. The van der Waals surface area contributed by atoms with Gasteiger partial charge >= 0.3 is 5.97 Å². The summed E-state index contributed by atoms with van der Waals surface area (Å²) in [7, 11) is 0. The molecule has 0 spiro atoms. The maximum atomic E-state index is 11.1. The minimum atomic E-state index is -1.14. The van der Waals surface area contributed by atoms with Crippen LogP contribution in [0.15, 0.2) is 22.8 Å². The Labute approximate surface area is 96.4 Å². The molecule has 0 saturated carbocycles. The first kappa shape index (κ1) is 12.1. The van der Waals surface area contributed by atoms with E-state index in [1.807, 2.05) is 0 Å². The van der Waals surface area contributed by atoms with Crippen molar-refractivity contribution in [2.45, 2.75) is 19.4 Å². The molecule has 0 aliphatic heterocycles. The number of aromatic nitrogens is 1. The van der Waals surface area contributed by atoms with Gasteiger partial charge in [0.25, 0.3) is 0 Å². The molecule has 0 aliphatic carbocycles. The topological polar surface area (TPSA) is 59.4 Å². The lowest BCUT2D eigenvalue weighted by Gasteiger charge is -2.08. The van der Waals surface area contributed by atoms with Crippen LogP contribution in [0.5, 0.6) is 0 Å². The van der Waals surface area contributed by atoms with Crippen LogP contribution in [0.1, 0.15) is 12.6 Å². The number of hydrogen-bond donors (Lipinski definition) is 1. The quantitative estimate of drug-likeness (QED) is 0.841. The summed E-state index contributed by atoms with van der Waals surface area (Å²) in [4.78, 5) is 15.2. The summed E-state index contributed by atoms with van der Waals surface area (Å²) in [5.74, 6) is -0.609. The van der Waals surface area contributed by atoms with Gasteiger partial charge in [-0.3, -0.25) is 4.98 Å². The van der Waals surface area contributed by atoms with Crippen molar-refractivity contribution in [2.75, 3.05) is 6.61 Å². The van der Waals surface area contributed by atoms with E-state index in [9.17, 15) is 9.90 Å². The Balaban J connectivity index is 2.54. The zero-order valence-electron chi connectivity index (χ0n) is 8.31. The minimum Gasteiger partial charge on any atom is -0.464 e. The highest BCUT2D eigenvalue weighted by molar-refractivity contribution is 9.10. The number of nitrogens with zero attached hydrogens (tertiary/aromatic N) is 1. The van der Waals surface area contributed by atoms with E-state index in [1.165, 1.54) is 0 Å². The van der Waals surface area contributed by atoms with E-state index in [4.69, 9.17) is 0 Å². The predicted octanol–water partition coefficient (Wildman–Crippen LogP) is 1.31. The number of ether oxygens (including phenoxy) is 1. The van der Waals surface area contributed by atoms with Gasteiger partial charge in [0.05, 0.1) is 6.61 Å². The van der Waals surface area contributed by atoms with Crippen LogP contribution in [-0.4, -0.2) is 28.8 Å². The van der Waals surface area contributed by atoms with Gasteiger partial charge in [0.15, 0.2) is 6.10 Å². The number of rotatable bonds is 4. The van der Waals surface area contributed by atoms with Gasteiger partial charge in [-0.25, -0.2) is 4.79 Å². The zero-order chi connectivity index (χ0) is 11.3. The summed E-state index contributed by atoms with van der Waals surface area (Å²) in [6, 6.07) is 3.55. The molecule has 1 N–H and O–H groups in total. The standard InChI is InChI=1S/C10H12BrNO3/c1-2-15-10(14)9(13)5-8-4-3-7(11)6-12-8/h3-4,6,9,13H,2,5H2,1H3. The second kappa shape index (κ2) is 5.82. The number of esters is 1. The molecule has 0 saturated heterocycles. The van der Waals surface area contributed by atoms with Gasteiger partial charge < -0.3 is 9.84 Å². The van der Waals surface area contributed by atoms with Crippen molar-refractivity contribution in [1.29, 1.82) is 0 Å². The summed E-state index contributed by atoms with van der Waals surface area (Å²) < 4.78 is 5.53. The van der Waals surface area contributed by atoms with Crippen molar-refractivity contribution < 1.29 is 14.6 Å². The molecule has 0 radical (unpaired) electrons. The molecular weight excluding hydrogens is 262 g/mol. The average Bonchev–Trinajstić information content (AvgIpc) is 2.22. The second-order valence-corrected chi connectivity index (χ2v) is 3.86. The van der Waals surface area contributed by atoms with Crippen molar-refractivity contribution >= 4 is 21.9 Å². The molecule has 1 atom stereocenters. The highest BCUT2D eigenvalue weighted by Crippen LogP contribution is 2.09. The maximum Gasteiger partial charge on any atom is 0.335 e. The van der Waals surface area contributed by atoms with E-state index in [0.29, 0.717) is 5.69 Å². The Morgan fingerprint density at radius 1 is 1.67 bits per heavy atom. The third kappa shape index (κ3) is 3.97. The SMILES string of the molecule is CCOC(=O)C(O)Cc1ccc(Br)cn1. The fraction of sp³-hybridized carbons (Fsp3) is 0.400. The lowest BCUT2D eigenvalue weighted by molar-refractivity contribution is -0.152. The molecule has 0 fully saturated rings. The Hall–Kier alpha value is -0.940. The number of halogens is 1. The normalized spacial score (nSPS) is 12.2. The van der Waals surface area contributed by atoms with Crippen LogP contribution in [0.2, 0.25) is 0 Å². The predicted molar refractivity (Wildman–Crippen MR) is 58.3 cm³/mol. The molecule has 1 aromatic rings. The molecule has 4 nitrogen and oxygen atoms in total. The van der Waals surface area contributed by atoms with E-state index in [-0.39, 0.29) is 13.0 Å². The zero-order valence-corrected chi connectivity index (χ0v) is 9.90. The lowest BCUT2D eigenvalue weighted by Crippen LogP contribution is -2.25. The smallest absolute Gasteiger partial charge is 0.335 e. The number of hydrogen-bond acceptors (Lipinski definition) is 4. The molecule has 0 amide bonds. The van der Waals surface area contributed by atoms with Gasteiger partial charge in [0, 0.05) is 22.8 Å². The largest absolute Gasteiger partial charge is 0.464 e. The molecule has 1 unspecified atom stereocenters. The Bertz CT molecular complexity index is 326. The van der Waals surface area contributed by atoms with Crippen molar-refractivity contribution in [3.8, 4) is 0 Å². The Morgan fingerprint density at radius 2 is 2.40 bits per heavy atom. The lowest BCUT2D eigenvalue weighted by atomic mass is 10.2. The monoisotopic (exact) mass is 273 g/mol. The van der Waals surface area contributed by atoms with Crippen molar-refractivity contribution in [3.05, 3.63) is 28.5 Å². The molecular formula is C10H12BrNO3. The molecule has 1 heterocycles. The van der Waals surface area contributed by atoms with Gasteiger partial charge in [-0.05, 0) is 35.0 Å². The van der Waals surface area contributed by atoms with Crippen molar-refractivity contribution in [1.82, 2.24) is 4.98 Å². The van der Waals surface area contributed by atoms with E-state index >= 15 is 0 Å². The van der Waals surface area contributed by atoms with Crippen LogP contribution in [0.4, 0.5) is 0 Å². The molecule has 15 heavy (non-hydrogen) atoms. The molecule has 0 aliphatic rings. The van der Waals surface area contributed by atoms with Gasteiger partial charge in [0.2, 0.25) is 0 Å². The third-order valence-electron chi connectivity index (χ3n) is 1.75. The summed E-state index contributed by atoms with van der Waals surface area (Å²) in [5, 5.41) is 9.45. The summed E-state index contributed by atoms with van der Waals surface area (Å²) in [6.07, 6.45) is 0.651. The molecule has 1 aromatic heterocycles. The first-order chi connectivity index (χ1) is 7.13. The highest BCUT2D eigenvalue weighted by Gasteiger charge is 2.16. The van der Waals surface area contributed by atoms with Crippen LogP contribution in [-0.2, 0) is 16.0 Å². The van der Waals surface area contributed by atoms with Gasteiger partial charge in [-0.15, -0.1) is 0 Å².